The van der Waals surface area contributed by atoms with Gasteiger partial charge in [0.25, 0.3) is 0 Å². The fourth-order valence-electron chi connectivity index (χ4n) is 1.34. The highest BCUT2D eigenvalue weighted by Crippen LogP contribution is 2.08. The lowest BCUT2D eigenvalue weighted by molar-refractivity contribution is 0.146. The van der Waals surface area contributed by atoms with Crippen LogP contribution in [0.5, 0.6) is 0 Å². The van der Waals surface area contributed by atoms with Gasteiger partial charge in [-0.05, 0) is 48.7 Å². The molecule has 0 amide bonds. The predicted octanol–water partition coefficient (Wildman–Crippen LogP) is 3.34. The summed E-state index contributed by atoms with van der Waals surface area (Å²) in [5.41, 5.74) is 0. The molecule has 0 heterocycles. The van der Waals surface area contributed by atoms with Gasteiger partial charge in [0.15, 0.2) is 0 Å². The van der Waals surface area contributed by atoms with Crippen LogP contribution in [-0.4, -0.2) is 53.7 Å². The summed E-state index contributed by atoms with van der Waals surface area (Å²) in [5.74, 6) is 5.65. The molecule has 0 radical (unpaired) electrons. The number of rotatable bonds is 15. The third kappa shape index (κ3) is 17.0. The van der Waals surface area contributed by atoms with Gasteiger partial charge < -0.3 is 9.84 Å². The zero-order valence-corrected chi connectivity index (χ0v) is 13.8. The van der Waals surface area contributed by atoms with Crippen LogP contribution in [0.25, 0.3) is 0 Å². The van der Waals surface area contributed by atoms with Crippen molar-refractivity contribution in [2.45, 2.75) is 32.1 Å². The Morgan fingerprint density at radius 1 is 0.778 bits per heavy atom. The second-order valence-corrected chi connectivity index (χ2v) is 6.95. The molecule has 0 aromatic rings. The number of aliphatic hydroxyl groups is 1. The standard InChI is InChI=1S/C13H28O2S3/c14-6-4-11-18-13-8-15-7-2-1-3-10-17-12-5-9-16/h14,16H,1-13H2. The van der Waals surface area contributed by atoms with Crippen LogP contribution in [0.3, 0.4) is 0 Å². The van der Waals surface area contributed by atoms with E-state index in [1.807, 2.05) is 23.5 Å². The Bertz CT molecular complexity index is 132. The van der Waals surface area contributed by atoms with E-state index in [2.05, 4.69) is 12.6 Å². The molecule has 0 aliphatic rings. The lowest BCUT2D eigenvalue weighted by atomic mass is 10.3. The summed E-state index contributed by atoms with van der Waals surface area (Å²) in [6, 6.07) is 0. The summed E-state index contributed by atoms with van der Waals surface area (Å²) >= 11 is 8.10. The van der Waals surface area contributed by atoms with Gasteiger partial charge in [0.1, 0.15) is 0 Å². The molecule has 1 N–H and O–H groups in total. The molecule has 0 fully saturated rings. The van der Waals surface area contributed by atoms with Crippen molar-refractivity contribution in [2.24, 2.45) is 0 Å². The van der Waals surface area contributed by atoms with E-state index in [1.54, 1.807) is 0 Å². The van der Waals surface area contributed by atoms with Crippen molar-refractivity contribution in [3.8, 4) is 0 Å². The van der Waals surface area contributed by atoms with E-state index < -0.39 is 0 Å². The minimum absolute atomic E-state index is 0.305. The number of unbranched alkanes of at least 4 members (excludes halogenated alkanes) is 2. The molecule has 18 heavy (non-hydrogen) atoms. The third-order valence-corrected chi connectivity index (χ3v) is 4.85. The number of aliphatic hydroxyl groups excluding tert-OH is 1. The lowest BCUT2D eigenvalue weighted by Crippen LogP contribution is -2.00. The largest absolute Gasteiger partial charge is 0.396 e. The molecule has 110 valence electrons. The minimum Gasteiger partial charge on any atom is -0.396 e. The molecular weight excluding hydrogens is 284 g/mol. The molecule has 0 atom stereocenters. The molecular formula is C13H28O2S3. The third-order valence-electron chi connectivity index (χ3n) is 2.34. The molecule has 0 aliphatic carbocycles. The predicted molar refractivity (Wildman–Crippen MR) is 89.5 cm³/mol. The Morgan fingerprint density at radius 2 is 1.50 bits per heavy atom. The Kier molecular flexibility index (Phi) is 18.9. The van der Waals surface area contributed by atoms with Gasteiger partial charge >= 0.3 is 0 Å². The first-order valence-electron chi connectivity index (χ1n) is 6.86. The van der Waals surface area contributed by atoms with E-state index in [-0.39, 0.29) is 0 Å². The Hall–Kier alpha value is 0.970. The molecule has 0 aromatic heterocycles. The van der Waals surface area contributed by atoms with Gasteiger partial charge in [-0.25, -0.2) is 0 Å². The van der Waals surface area contributed by atoms with E-state index in [9.17, 15) is 0 Å². The maximum absolute atomic E-state index is 8.61. The van der Waals surface area contributed by atoms with Crippen LogP contribution in [0.1, 0.15) is 32.1 Å². The second-order valence-electron chi connectivity index (χ2n) is 4.05. The Labute approximate surface area is 126 Å². The van der Waals surface area contributed by atoms with E-state index in [4.69, 9.17) is 9.84 Å². The van der Waals surface area contributed by atoms with Crippen molar-refractivity contribution in [2.75, 3.05) is 48.6 Å². The van der Waals surface area contributed by atoms with Crippen molar-refractivity contribution in [3.63, 3.8) is 0 Å². The first kappa shape index (κ1) is 19.0. The fourth-order valence-corrected chi connectivity index (χ4v) is 3.45. The number of thiol groups is 1. The summed E-state index contributed by atoms with van der Waals surface area (Å²) in [5, 5.41) is 8.61. The second kappa shape index (κ2) is 18.0. The molecule has 0 unspecified atom stereocenters. The summed E-state index contributed by atoms with van der Waals surface area (Å²) in [6.07, 6.45) is 5.91. The van der Waals surface area contributed by atoms with Gasteiger partial charge in [0, 0.05) is 19.0 Å². The monoisotopic (exact) mass is 312 g/mol. The highest BCUT2D eigenvalue weighted by Gasteiger charge is 1.93. The van der Waals surface area contributed by atoms with Crippen LogP contribution >= 0.6 is 36.2 Å². The minimum atomic E-state index is 0.305. The number of ether oxygens (including phenoxy) is 1. The zero-order chi connectivity index (χ0) is 13.3. The Morgan fingerprint density at radius 3 is 2.28 bits per heavy atom. The molecule has 0 bridgehead atoms. The quantitative estimate of drug-likeness (QED) is 0.358. The van der Waals surface area contributed by atoms with Gasteiger partial charge in [-0.2, -0.15) is 36.2 Å². The first-order chi connectivity index (χ1) is 8.91. The van der Waals surface area contributed by atoms with Crippen molar-refractivity contribution >= 4 is 36.2 Å². The smallest absolute Gasteiger partial charge is 0.0556 e. The molecule has 0 rings (SSSR count). The van der Waals surface area contributed by atoms with Gasteiger partial charge in [0.05, 0.1) is 6.61 Å². The van der Waals surface area contributed by atoms with Crippen LogP contribution in [0.15, 0.2) is 0 Å². The first-order valence-corrected chi connectivity index (χ1v) is 9.81. The molecule has 5 heteroatoms. The summed E-state index contributed by atoms with van der Waals surface area (Å²) in [4.78, 5) is 0. The topological polar surface area (TPSA) is 29.5 Å². The Balaban J connectivity index is 2.86. The normalized spacial score (nSPS) is 11.0. The van der Waals surface area contributed by atoms with Crippen LogP contribution in [-0.2, 0) is 4.74 Å². The van der Waals surface area contributed by atoms with E-state index in [0.717, 1.165) is 36.9 Å². The van der Waals surface area contributed by atoms with Gasteiger partial charge in [-0.15, -0.1) is 0 Å². The van der Waals surface area contributed by atoms with E-state index >= 15 is 0 Å². The van der Waals surface area contributed by atoms with Crippen molar-refractivity contribution in [1.82, 2.24) is 0 Å². The summed E-state index contributed by atoms with van der Waals surface area (Å²) in [6.45, 7) is 2.06. The highest BCUT2D eigenvalue weighted by molar-refractivity contribution is 7.99. The van der Waals surface area contributed by atoms with Gasteiger partial charge in [-0.1, -0.05) is 6.42 Å². The number of thioether (sulfide) groups is 2. The average molecular weight is 313 g/mol. The van der Waals surface area contributed by atoms with Gasteiger partial charge in [0.2, 0.25) is 0 Å². The molecule has 2 nitrogen and oxygen atoms in total. The molecule has 0 saturated heterocycles. The lowest BCUT2D eigenvalue weighted by Gasteiger charge is -2.04. The zero-order valence-electron chi connectivity index (χ0n) is 11.3. The van der Waals surface area contributed by atoms with Crippen LogP contribution in [0.2, 0.25) is 0 Å². The van der Waals surface area contributed by atoms with Crippen LogP contribution in [0, 0.1) is 0 Å². The highest BCUT2D eigenvalue weighted by atomic mass is 32.2. The molecule has 0 aromatic carbocycles. The van der Waals surface area contributed by atoms with Crippen LogP contribution in [0.4, 0.5) is 0 Å². The fraction of sp³-hybridized carbons (Fsp3) is 1.00. The number of hydrogen-bond acceptors (Lipinski definition) is 5. The summed E-state index contributed by atoms with van der Waals surface area (Å²) < 4.78 is 5.56. The molecule has 0 spiro atoms. The van der Waals surface area contributed by atoms with Crippen molar-refractivity contribution in [3.05, 3.63) is 0 Å². The SMILES string of the molecule is OCCCSCCOCCCCCSCCCS. The van der Waals surface area contributed by atoms with Crippen LogP contribution < -0.4 is 0 Å². The van der Waals surface area contributed by atoms with Crippen molar-refractivity contribution in [1.29, 1.82) is 0 Å². The maximum Gasteiger partial charge on any atom is 0.0556 e. The molecule has 0 aliphatic heterocycles. The van der Waals surface area contributed by atoms with E-state index in [1.165, 1.54) is 37.2 Å². The molecule has 0 saturated carbocycles. The van der Waals surface area contributed by atoms with Crippen molar-refractivity contribution < 1.29 is 9.84 Å². The maximum atomic E-state index is 8.61. The van der Waals surface area contributed by atoms with E-state index in [0.29, 0.717) is 6.61 Å². The summed E-state index contributed by atoms with van der Waals surface area (Å²) in [7, 11) is 0. The number of hydrogen-bond donors (Lipinski definition) is 2. The average Bonchev–Trinajstić information content (AvgIpc) is 2.39. The van der Waals surface area contributed by atoms with Gasteiger partial charge in [-0.3, -0.25) is 0 Å².